The quantitative estimate of drug-likeness (QED) is 0.907. The summed E-state index contributed by atoms with van der Waals surface area (Å²) in [5, 5.41) is 8.83. The van der Waals surface area contributed by atoms with Crippen LogP contribution in [0, 0.1) is 6.92 Å². The first-order chi connectivity index (χ1) is 9.60. The minimum absolute atomic E-state index is 0.00189. The van der Waals surface area contributed by atoms with Gasteiger partial charge in [0.05, 0.1) is 18.7 Å². The summed E-state index contributed by atoms with van der Waals surface area (Å²) in [5.74, 6) is -0.0416. The summed E-state index contributed by atoms with van der Waals surface area (Å²) in [6, 6.07) is 11.4. The number of carboxylic acids is 1. The van der Waals surface area contributed by atoms with E-state index in [4.69, 9.17) is 9.84 Å². The van der Waals surface area contributed by atoms with Gasteiger partial charge in [0.15, 0.2) is 0 Å². The van der Waals surface area contributed by atoms with E-state index in [9.17, 15) is 4.79 Å². The first-order valence-electron chi connectivity index (χ1n) is 6.51. The molecule has 0 spiro atoms. The number of aromatic nitrogens is 1. The van der Waals surface area contributed by atoms with Gasteiger partial charge in [-0.05, 0) is 37.6 Å². The molecule has 0 aliphatic heterocycles. The molecule has 0 bridgehead atoms. The van der Waals surface area contributed by atoms with Gasteiger partial charge < -0.3 is 9.84 Å². The molecule has 4 nitrogen and oxygen atoms in total. The SMILES string of the molecule is CCOc1cccc(-c2ccc(CC(=O)O)c(C)n2)c1. The second-order valence-electron chi connectivity index (χ2n) is 4.47. The van der Waals surface area contributed by atoms with Gasteiger partial charge in [-0.25, -0.2) is 0 Å². The Balaban J connectivity index is 2.31. The number of aryl methyl sites for hydroxylation is 1. The molecule has 1 heterocycles. The minimum Gasteiger partial charge on any atom is -0.494 e. The highest BCUT2D eigenvalue weighted by Crippen LogP contribution is 2.23. The van der Waals surface area contributed by atoms with E-state index >= 15 is 0 Å². The molecule has 20 heavy (non-hydrogen) atoms. The standard InChI is InChI=1S/C16H17NO3/c1-3-20-14-6-4-5-13(9-14)15-8-7-12(10-16(18)19)11(2)17-15/h4-9H,3,10H2,1-2H3,(H,18,19). The molecule has 0 aliphatic carbocycles. The highest BCUT2D eigenvalue weighted by molar-refractivity contribution is 5.71. The van der Waals surface area contributed by atoms with E-state index < -0.39 is 5.97 Å². The van der Waals surface area contributed by atoms with Gasteiger partial charge in [0.25, 0.3) is 0 Å². The fourth-order valence-electron chi connectivity index (χ4n) is 2.01. The van der Waals surface area contributed by atoms with Gasteiger partial charge in [0, 0.05) is 11.3 Å². The van der Waals surface area contributed by atoms with Crippen LogP contribution in [0.25, 0.3) is 11.3 Å². The largest absolute Gasteiger partial charge is 0.494 e. The van der Waals surface area contributed by atoms with Crippen LogP contribution in [0.5, 0.6) is 5.75 Å². The number of carbonyl (C=O) groups is 1. The number of carboxylic acid groups (broad SMARTS) is 1. The molecule has 0 amide bonds. The fourth-order valence-corrected chi connectivity index (χ4v) is 2.01. The van der Waals surface area contributed by atoms with Crippen molar-refractivity contribution in [3.8, 4) is 17.0 Å². The van der Waals surface area contributed by atoms with Crippen LogP contribution in [-0.2, 0) is 11.2 Å². The van der Waals surface area contributed by atoms with Crippen molar-refractivity contribution in [2.75, 3.05) is 6.61 Å². The molecule has 0 atom stereocenters. The zero-order valence-electron chi connectivity index (χ0n) is 11.6. The van der Waals surface area contributed by atoms with Crippen LogP contribution in [0.4, 0.5) is 0 Å². The van der Waals surface area contributed by atoms with E-state index in [0.29, 0.717) is 6.61 Å². The Kier molecular flexibility index (Phi) is 4.35. The molecule has 104 valence electrons. The number of pyridine rings is 1. The van der Waals surface area contributed by atoms with Gasteiger partial charge in [-0.2, -0.15) is 0 Å². The van der Waals surface area contributed by atoms with Crippen LogP contribution < -0.4 is 4.74 Å². The van der Waals surface area contributed by atoms with Gasteiger partial charge in [0.1, 0.15) is 5.75 Å². The lowest BCUT2D eigenvalue weighted by atomic mass is 10.1. The average molecular weight is 271 g/mol. The summed E-state index contributed by atoms with van der Waals surface area (Å²) in [5.41, 5.74) is 3.26. The van der Waals surface area contributed by atoms with Crippen LogP contribution in [-0.4, -0.2) is 22.7 Å². The van der Waals surface area contributed by atoms with Gasteiger partial charge in [0.2, 0.25) is 0 Å². The van der Waals surface area contributed by atoms with E-state index in [-0.39, 0.29) is 6.42 Å². The van der Waals surface area contributed by atoms with E-state index in [1.165, 1.54) is 0 Å². The van der Waals surface area contributed by atoms with Gasteiger partial charge in [-0.1, -0.05) is 18.2 Å². The van der Waals surface area contributed by atoms with Crippen molar-refractivity contribution in [2.45, 2.75) is 20.3 Å². The van der Waals surface area contributed by atoms with Crippen molar-refractivity contribution in [2.24, 2.45) is 0 Å². The summed E-state index contributed by atoms with van der Waals surface area (Å²) in [7, 11) is 0. The van der Waals surface area contributed by atoms with E-state index in [0.717, 1.165) is 28.3 Å². The zero-order valence-corrected chi connectivity index (χ0v) is 11.6. The fraction of sp³-hybridized carbons (Fsp3) is 0.250. The van der Waals surface area contributed by atoms with Crippen molar-refractivity contribution in [3.05, 3.63) is 47.7 Å². The second-order valence-corrected chi connectivity index (χ2v) is 4.47. The number of rotatable bonds is 5. The Hall–Kier alpha value is -2.36. The Morgan fingerprint density at radius 3 is 2.75 bits per heavy atom. The number of aliphatic carboxylic acids is 1. The molecule has 0 unspecified atom stereocenters. The molecule has 4 heteroatoms. The number of nitrogens with zero attached hydrogens (tertiary/aromatic N) is 1. The maximum atomic E-state index is 10.7. The monoisotopic (exact) mass is 271 g/mol. The molecule has 0 saturated carbocycles. The average Bonchev–Trinajstić information content (AvgIpc) is 2.41. The van der Waals surface area contributed by atoms with E-state index in [1.807, 2.05) is 50.2 Å². The molecule has 1 N–H and O–H groups in total. The van der Waals surface area contributed by atoms with Crippen molar-refractivity contribution in [1.82, 2.24) is 4.98 Å². The Morgan fingerprint density at radius 1 is 1.30 bits per heavy atom. The topological polar surface area (TPSA) is 59.4 Å². The van der Waals surface area contributed by atoms with Gasteiger partial charge in [-0.3, -0.25) is 9.78 Å². The third kappa shape index (κ3) is 3.35. The third-order valence-electron chi connectivity index (χ3n) is 2.98. The highest BCUT2D eigenvalue weighted by atomic mass is 16.5. The lowest BCUT2D eigenvalue weighted by Gasteiger charge is -2.08. The van der Waals surface area contributed by atoms with Crippen LogP contribution in [0.15, 0.2) is 36.4 Å². The Bertz CT molecular complexity index is 623. The van der Waals surface area contributed by atoms with E-state index in [1.54, 1.807) is 0 Å². The lowest BCUT2D eigenvalue weighted by molar-refractivity contribution is -0.136. The molecule has 0 saturated heterocycles. The Morgan fingerprint density at radius 2 is 2.10 bits per heavy atom. The smallest absolute Gasteiger partial charge is 0.307 e. The van der Waals surface area contributed by atoms with Crippen molar-refractivity contribution in [1.29, 1.82) is 0 Å². The molecule has 0 fully saturated rings. The summed E-state index contributed by atoms with van der Waals surface area (Å²) < 4.78 is 5.47. The molecule has 0 aliphatic rings. The predicted octanol–water partition coefficient (Wildman–Crippen LogP) is 3.08. The van der Waals surface area contributed by atoms with Crippen LogP contribution in [0.2, 0.25) is 0 Å². The maximum Gasteiger partial charge on any atom is 0.307 e. The van der Waals surface area contributed by atoms with Crippen LogP contribution in [0.3, 0.4) is 0 Å². The minimum atomic E-state index is -0.846. The van der Waals surface area contributed by atoms with Crippen molar-refractivity contribution < 1.29 is 14.6 Å². The van der Waals surface area contributed by atoms with Crippen LogP contribution in [0.1, 0.15) is 18.2 Å². The Labute approximate surface area is 118 Å². The van der Waals surface area contributed by atoms with Crippen molar-refractivity contribution >= 4 is 5.97 Å². The van der Waals surface area contributed by atoms with Crippen LogP contribution >= 0.6 is 0 Å². The molecular formula is C16H17NO3. The summed E-state index contributed by atoms with van der Waals surface area (Å²) in [6.45, 7) is 4.39. The molecule has 0 radical (unpaired) electrons. The number of ether oxygens (including phenoxy) is 1. The lowest BCUT2D eigenvalue weighted by Crippen LogP contribution is -2.03. The van der Waals surface area contributed by atoms with Gasteiger partial charge >= 0.3 is 5.97 Å². The first kappa shape index (κ1) is 14.1. The second kappa shape index (κ2) is 6.19. The molecule has 1 aromatic heterocycles. The first-order valence-corrected chi connectivity index (χ1v) is 6.51. The normalized spacial score (nSPS) is 10.3. The molecular weight excluding hydrogens is 254 g/mol. The third-order valence-corrected chi connectivity index (χ3v) is 2.98. The number of benzene rings is 1. The van der Waals surface area contributed by atoms with Gasteiger partial charge in [-0.15, -0.1) is 0 Å². The molecule has 1 aromatic carbocycles. The summed E-state index contributed by atoms with van der Waals surface area (Å²) in [6.07, 6.45) is -0.00189. The molecule has 2 aromatic rings. The highest BCUT2D eigenvalue weighted by Gasteiger charge is 2.08. The van der Waals surface area contributed by atoms with Crippen molar-refractivity contribution in [3.63, 3.8) is 0 Å². The maximum absolute atomic E-state index is 10.7. The zero-order chi connectivity index (χ0) is 14.5. The molecule has 2 rings (SSSR count). The number of hydrogen-bond acceptors (Lipinski definition) is 3. The predicted molar refractivity (Wildman–Crippen MR) is 76.9 cm³/mol. The number of hydrogen-bond donors (Lipinski definition) is 1. The van der Waals surface area contributed by atoms with E-state index in [2.05, 4.69) is 4.98 Å². The summed E-state index contributed by atoms with van der Waals surface area (Å²) in [4.78, 5) is 15.2. The summed E-state index contributed by atoms with van der Waals surface area (Å²) >= 11 is 0.